The van der Waals surface area contributed by atoms with Crippen molar-refractivity contribution in [3.8, 4) is 0 Å². The number of halogens is 8. The van der Waals surface area contributed by atoms with Crippen molar-refractivity contribution in [1.29, 1.82) is 0 Å². The predicted molar refractivity (Wildman–Crippen MR) is 132 cm³/mol. The van der Waals surface area contributed by atoms with E-state index in [1.807, 2.05) is 0 Å². The largest absolute Gasteiger partial charge is 0.435 e. The summed E-state index contributed by atoms with van der Waals surface area (Å²) < 4.78 is 136. The lowest BCUT2D eigenvalue weighted by molar-refractivity contribution is -0.348. The third-order valence-electron chi connectivity index (χ3n) is 8.22. The average Bonchev–Trinajstić information content (AvgIpc) is 3.25. The van der Waals surface area contributed by atoms with Crippen molar-refractivity contribution in [1.82, 2.24) is 5.32 Å². The van der Waals surface area contributed by atoms with E-state index >= 15 is 0 Å². The Kier molecular flexibility index (Phi) is 7.77. The van der Waals surface area contributed by atoms with Gasteiger partial charge < -0.3 is 15.5 Å². The molecule has 42 heavy (non-hydrogen) atoms. The molecule has 4 rings (SSSR count). The molecule has 232 valence electrons. The van der Waals surface area contributed by atoms with Crippen molar-refractivity contribution in [2.45, 2.75) is 84.9 Å². The number of amides is 1. The minimum atomic E-state index is -6.38. The molecular weight excluding hydrogens is 602 g/mol. The summed E-state index contributed by atoms with van der Waals surface area (Å²) in [7, 11) is -4.58. The number of benzene rings is 2. The van der Waals surface area contributed by atoms with Crippen LogP contribution in [0.3, 0.4) is 0 Å². The third-order valence-corrected chi connectivity index (χ3v) is 10.8. The van der Waals surface area contributed by atoms with Crippen LogP contribution in [0.5, 0.6) is 0 Å². The van der Waals surface area contributed by atoms with Gasteiger partial charge in [-0.1, -0.05) is 18.2 Å². The Morgan fingerprint density at radius 3 is 2.07 bits per heavy atom. The van der Waals surface area contributed by atoms with Crippen LogP contribution in [0.15, 0.2) is 47.4 Å². The monoisotopic (exact) mass is 629 g/mol. The molecule has 6 nitrogen and oxygen atoms in total. The number of aliphatic hydroxyl groups excluding tert-OH is 1. The van der Waals surface area contributed by atoms with E-state index in [4.69, 9.17) is 0 Å². The second-order valence-corrected chi connectivity index (χ2v) is 13.4. The number of aryl methyl sites for hydroxylation is 1. The first-order valence-corrected chi connectivity index (χ1v) is 14.2. The van der Waals surface area contributed by atoms with Crippen LogP contribution in [0.25, 0.3) is 0 Å². The number of carbonyl (C=O) groups is 1. The van der Waals surface area contributed by atoms with Crippen LogP contribution >= 0.6 is 0 Å². The third kappa shape index (κ3) is 4.86. The van der Waals surface area contributed by atoms with Crippen molar-refractivity contribution in [2.24, 2.45) is 5.92 Å². The van der Waals surface area contributed by atoms with Gasteiger partial charge in [0.1, 0.15) is 10.6 Å². The van der Waals surface area contributed by atoms with Gasteiger partial charge in [-0.15, -0.1) is 0 Å². The maximum Gasteiger partial charge on any atom is 0.435 e. The standard InChI is InChI=1S/C27H27F8NO5S/c1-23(2,39)21(37)22(38)36-20-11-12-24(42(40,41)17-7-5-16(28)6-8-17)18-10-4-15(13-14(18)3-9-19(20)24)25(29,26(30,31)32)27(33,34)35/h4-8,10,13,19-21,37,39H,3,9,11-12H2,1-2H3,(H,36,38)/t19-,20+,21-,24+/m0/s1. The van der Waals surface area contributed by atoms with Crippen LogP contribution in [-0.2, 0) is 31.5 Å². The maximum atomic E-state index is 14.9. The number of hydrogen-bond donors (Lipinski definition) is 3. The molecule has 0 heterocycles. The van der Waals surface area contributed by atoms with E-state index in [2.05, 4.69) is 5.32 Å². The predicted octanol–water partition coefficient (Wildman–Crippen LogP) is 4.76. The average molecular weight is 630 g/mol. The van der Waals surface area contributed by atoms with Gasteiger partial charge in [0.2, 0.25) is 0 Å². The zero-order chi connectivity index (χ0) is 31.7. The molecule has 0 radical (unpaired) electrons. The lowest BCUT2D eigenvalue weighted by atomic mass is 9.74. The van der Waals surface area contributed by atoms with Crippen molar-refractivity contribution < 1.29 is 58.5 Å². The Morgan fingerprint density at radius 2 is 1.55 bits per heavy atom. The van der Waals surface area contributed by atoms with Gasteiger partial charge in [0.15, 0.2) is 15.9 Å². The van der Waals surface area contributed by atoms with Crippen LogP contribution in [0.1, 0.15) is 49.8 Å². The molecule has 1 fully saturated rings. The number of alkyl halides is 7. The summed E-state index contributed by atoms with van der Waals surface area (Å²) in [5.41, 5.74) is -9.78. The molecule has 0 bridgehead atoms. The van der Waals surface area contributed by atoms with Crippen molar-refractivity contribution in [3.63, 3.8) is 0 Å². The number of rotatable bonds is 6. The summed E-state index contributed by atoms with van der Waals surface area (Å²) in [6.45, 7) is 2.33. The second-order valence-electron chi connectivity index (χ2n) is 11.2. The van der Waals surface area contributed by atoms with Crippen LogP contribution < -0.4 is 5.32 Å². The number of hydrogen-bond acceptors (Lipinski definition) is 5. The molecule has 1 amide bonds. The Balaban J connectivity index is 1.89. The highest BCUT2D eigenvalue weighted by molar-refractivity contribution is 7.92. The second kappa shape index (κ2) is 10.2. The summed E-state index contributed by atoms with van der Waals surface area (Å²) in [5, 5.41) is 22.7. The fourth-order valence-corrected chi connectivity index (χ4v) is 8.61. The highest BCUT2D eigenvalue weighted by Gasteiger charge is 2.73. The molecule has 15 heteroatoms. The van der Waals surface area contributed by atoms with Crippen LogP contribution in [0.4, 0.5) is 35.1 Å². The number of aliphatic hydroxyl groups is 2. The Bertz CT molecular complexity index is 1450. The van der Waals surface area contributed by atoms with Gasteiger partial charge in [0.25, 0.3) is 5.91 Å². The fourth-order valence-electron chi connectivity index (χ4n) is 6.13. The molecule has 1 saturated carbocycles. The number of carbonyl (C=O) groups excluding carboxylic acids is 1. The number of sulfone groups is 1. The Morgan fingerprint density at radius 1 is 0.976 bits per heavy atom. The smallest absolute Gasteiger partial charge is 0.387 e. The molecule has 0 aliphatic heterocycles. The van der Waals surface area contributed by atoms with Gasteiger partial charge in [-0.3, -0.25) is 4.79 Å². The molecule has 4 atom stereocenters. The van der Waals surface area contributed by atoms with Gasteiger partial charge in [-0.25, -0.2) is 17.2 Å². The molecule has 0 spiro atoms. The maximum absolute atomic E-state index is 14.9. The normalized spacial score (nSPS) is 24.1. The van der Waals surface area contributed by atoms with Crippen LogP contribution in [0.2, 0.25) is 0 Å². The summed E-state index contributed by atoms with van der Waals surface area (Å²) >= 11 is 0. The minimum Gasteiger partial charge on any atom is -0.387 e. The molecule has 2 aromatic carbocycles. The van der Waals surface area contributed by atoms with Gasteiger partial charge in [-0.05, 0) is 74.9 Å². The summed E-state index contributed by atoms with van der Waals surface area (Å²) in [5.74, 6) is -2.81. The molecule has 2 aliphatic carbocycles. The van der Waals surface area contributed by atoms with E-state index in [0.29, 0.717) is 6.07 Å². The highest BCUT2D eigenvalue weighted by atomic mass is 32.2. The van der Waals surface area contributed by atoms with E-state index in [9.17, 15) is 58.5 Å². The number of nitrogens with one attached hydrogen (secondary N) is 1. The van der Waals surface area contributed by atoms with Crippen molar-refractivity contribution in [3.05, 3.63) is 65.0 Å². The van der Waals surface area contributed by atoms with Gasteiger partial charge >= 0.3 is 18.0 Å². The zero-order valence-corrected chi connectivity index (χ0v) is 23.0. The number of fused-ring (bicyclic) bond motifs is 3. The molecule has 0 aromatic heterocycles. The van der Waals surface area contributed by atoms with Crippen molar-refractivity contribution >= 4 is 15.7 Å². The molecule has 2 aromatic rings. The first kappa shape index (κ1) is 32.1. The van der Waals surface area contributed by atoms with Crippen LogP contribution in [0, 0.1) is 11.7 Å². The van der Waals surface area contributed by atoms with Gasteiger partial charge in [0.05, 0.1) is 10.5 Å². The fraction of sp³-hybridized carbons (Fsp3) is 0.519. The molecule has 0 saturated heterocycles. The quantitative estimate of drug-likeness (QED) is 0.316. The van der Waals surface area contributed by atoms with Crippen molar-refractivity contribution in [2.75, 3.05) is 0 Å². The SMILES string of the molecule is CC(C)(O)[C@@H](O)C(=O)N[C@@H]1CC[C@@]2(S(=O)(=O)c3ccc(F)cc3)c3ccc(C(F)(C(F)(F)F)C(F)(F)F)cc3CC[C@@H]12. The first-order valence-electron chi connectivity index (χ1n) is 12.8. The topological polar surface area (TPSA) is 104 Å². The van der Waals surface area contributed by atoms with Crippen LogP contribution in [-0.4, -0.2) is 54.6 Å². The molecular formula is C27H27F8NO5S. The summed E-state index contributed by atoms with van der Waals surface area (Å²) in [6.07, 6.45) is -15.4. The summed E-state index contributed by atoms with van der Waals surface area (Å²) in [6, 6.07) is 4.06. The highest BCUT2D eigenvalue weighted by Crippen LogP contribution is 2.59. The van der Waals surface area contributed by atoms with E-state index < -0.39 is 73.6 Å². The lowest BCUT2D eigenvalue weighted by Crippen LogP contribution is -2.54. The molecule has 2 aliphatic rings. The van der Waals surface area contributed by atoms with E-state index in [1.54, 1.807) is 0 Å². The van der Waals surface area contributed by atoms with E-state index in [-0.39, 0.29) is 47.8 Å². The van der Waals surface area contributed by atoms with E-state index in [1.165, 1.54) is 0 Å². The van der Waals surface area contributed by atoms with Gasteiger partial charge in [-0.2, -0.15) is 26.3 Å². The Labute approximate surface area is 235 Å². The summed E-state index contributed by atoms with van der Waals surface area (Å²) in [4.78, 5) is 12.3. The van der Waals surface area contributed by atoms with E-state index in [0.717, 1.165) is 44.2 Å². The minimum absolute atomic E-state index is 0.0469. The molecule has 0 unspecified atom stereocenters. The lowest BCUT2D eigenvalue weighted by Gasteiger charge is -2.43. The molecule has 3 N–H and O–H groups in total. The zero-order valence-electron chi connectivity index (χ0n) is 22.2. The Hall–Kier alpha value is -2.78. The van der Waals surface area contributed by atoms with Gasteiger partial charge in [0, 0.05) is 17.5 Å². The first-order chi connectivity index (χ1) is 19.1.